The van der Waals surface area contributed by atoms with Crippen molar-refractivity contribution in [2.24, 2.45) is 0 Å². The quantitative estimate of drug-likeness (QED) is 0.753. The number of hydrogen-bond acceptors (Lipinski definition) is 4. The van der Waals surface area contributed by atoms with Crippen molar-refractivity contribution in [3.8, 4) is 0 Å². The van der Waals surface area contributed by atoms with Crippen LogP contribution in [0.1, 0.15) is 22.8 Å². The third kappa shape index (κ3) is 5.79. The SMILES string of the molecule is CC(=O)c1ccc(NCC(=O)N2CCN(C/C=C/c3ccccc3)CC2)cc1. The molecular formula is C23H27N3O2. The van der Waals surface area contributed by atoms with Gasteiger partial charge in [-0.1, -0.05) is 42.5 Å². The smallest absolute Gasteiger partial charge is 0.241 e. The van der Waals surface area contributed by atoms with Crippen molar-refractivity contribution < 1.29 is 9.59 Å². The van der Waals surface area contributed by atoms with Crippen molar-refractivity contribution in [2.75, 3.05) is 44.6 Å². The Kier molecular flexibility index (Phi) is 6.98. The van der Waals surface area contributed by atoms with Gasteiger partial charge >= 0.3 is 0 Å². The van der Waals surface area contributed by atoms with Gasteiger partial charge < -0.3 is 10.2 Å². The number of nitrogens with one attached hydrogen (secondary N) is 1. The molecule has 5 heteroatoms. The average Bonchev–Trinajstić information content (AvgIpc) is 2.73. The third-order valence-electron chi connectivity index (χ3n) is 4.93. The number of carbonyl (C=O) groups is 2. The number of benzene rings is 2. The topological polar surface area (TPSA) is 52.7 Å². The predicted molar refractivity (Wildman–Crippen MR) is 113 cm³/mol. The summed E-state index contributed by atoms with van der Waals surface area (Å²) in [5.41, 5.74) is 2.73. The molecule has 0 bridgehead atoms. The van der Waals surface area contributed by atoms with Gasteiger partial charge in [-0.15, -0.1) is 0 Å². The van der Waals surface area contributed by atoms with E-state index in [0.717, 1.165) is 38.4 Å². The molecule has 2 aromatic rings. The lowest BCUT2D eigenvalue weighted by atomic mass is 10.1. The van der Waals surface area contributed by atoms with Gasteiger partial charge in [-0.25, -0.2) is 0 Å². The lowest BCUT2D eigenvalue weighted by Crippen LogP contribution is -2.50. The van der Waals surface area contributed by atoms with Gasteiger partial charge in [-0.3, -0.25) is 14.5 Å². The van der Waals surface area contributed by atoms with E-state index in [2.05, 4.69) is 34.5 Å². The summed E-state index contributed by atoms with van der Waals surface area (Å²) in [5.74, 6) is 0.147. The highest BCUT2D eigenvalue weighted by Crippen LogP contribution is 2.10. The molecule has 2 aromatic carbocycles. The maximum Gasteiger partial charge on any atom is 0.241 e. The fourth-order valence-corrected chi connectivity index (χ4v) is 3.19. The van der Waals surface area contributed by atoms with E-state index in [1.165, 1.54) is 5.56 Å². The molecule has 5 nitrogen and oxygen atoms in total. The molecule has 0 spiro atoms. The van der Waals surface area contributed by atoms with E-state index in [9.17, 15) is 9.59 Å². The molecule has 146 valence electrons. The van der Waals surface area contributed by atoms with Gasteiger partial charge in [0.15, 0.2) is 5.78 Å². The fourth-order valence-electron chi connectivity index (χ4n) is 3.19. The van der Waals surface area contributed by atoms with E-state index in [0.29, 0.717) is 5.56 Å². The van der Waals surface area contributed by atoms with Gasteiger partial charge in [0, 0.05) is 44.0 Å². The molecule has 1 saturated heterocycles. The standard InChI is InChI=1S/C23H27N3O2/c1-19(27)21-9-11-22(12-10-21)24-18-23(28)26-16-14-25(15-17-26)13-5-8-20-6-3-2-4-7-20/h2-12,24H,13-18H2,1H3/b8-5+. The van der Waals surface area contributed by atoms with E-state index in [4.69, 9.17) is 0 Å². The van der Waals surface area contributed by atoms with Gasteiger partial charge in [0.25, 0.3) is 0 Å². The average molecular weight is 377 g/mol. The molecule has 3 rings (SSSR count). The normalized spacial score (nSPS) is 15.0. The Bertz CT molecular complexity index is 808. The number of nitrogens with zero attached hydrogens (tertiary/aromatic N) is 2. The zero-order valence-corrected chi connectivity index (χ0v) is 16.3. The molecule has 1 heterocycles. The van der Waals surface area contributed by atoms with Crippen molar-refractivity contribution >= 4 is 23.5 Å². The van der Waals surface area contributed by atoms with Crippen LogP contribution in [0.25, 0.3) is 6.08 Å². The highest BCUT2D eigenvalue weighted by atomic mass is 16.2. The highest BCUT2D eigenvalue weighted by molar-refractivity contribution is 5.94. The maximum atomic E-state index is 12.4. The van der Waals surface area contributed by atoms with Crippen LogP contribution in [0, 0.1) is 0 Å². The second-order valence-electron chi connectivity index (χ2n) is 6.98. The second-order valence-corrected chi connectivity index (χ2v) is 6.98. The number of ketones is 1. The Labute approximate surface area is 166 Å². The van der Waals surface area contributed by atoms with E-state index < -0.39 is 0 Å². The summed E-state index contributed by atoms with van der Waals surface area (Å²) < 4.78 is 0. The lowest BCUT2D eigenvalue weighted by molar-refractivity contribution is -0.130. The number of hydrogen-bond donors (Lipinski definition) is 1. The van der Waals surface area contributed by atoms with Gasteiger partial charge in [0.1, 0.15) is 0 Å². The number of piperazine rings is 1. The van der Waals surface area contributed by atoms with E-state index >= 15 is 0 Å². The van der Waals surface area contributed by atoms with Crippen LogP contribution in [0.4, 0.5) is 5.69 Å². The van der Waals surface area contributed by atoms with Crippen molar-refractivity contribution in [2.45, 2.75) is 6.92 Å². The minimum Gasteiger partial charge on any atom is -0.376 e. The van der Waals surface area contributed by atoms with Crippen LogP contribution < -0.4 is 5.32 Å². The number of anilines is 1. The Hall–Kier alpha value is -2.92. The molecule has 1 fully saturated rings. The van der Waals surface area contributed by atoms with Gasteiger partial charge in [-0.05, 0) is 36.8 Å². The van der Waals surface area contributed by atoms with Crippen molar-refractivity contribution in [3.63, 3.8) is 0 Å². The van der Waals surface area contributed by atoms with E-state index in [-0.39, 0.29) is 18.2 Å². The Balaban J connectivity index is 1.38. The number of carbonyl (C=O) groups excluding carboxylic acids is 2. The summed E-state index contributed by atoms with van der Waals surface area (Å²) in [6, 6.07) is 17.5. The molecule has 0 atom stereocenters. The van der Waals surface area contributed by atoms with Crippen LogP contribution in [-0.2, 0) is 4.79 Å². The number of amides is 1. The van der Waals surface area contributed by atoms with Crippen LogP contribution in [0.3, 0.4) is 0 Å². The number of rotatable bonds is 7. The molecule has 28 heavy (non-hydrogen) atoms. The number of Topliss-reactive ketones (excluding diaryl/α,β-unsaturated/α-hetero) is 1. The summed E-state index contributed by atoms with van der Waals surface area (Å²) in [5, 5.41) is 3.14. The molecule has 0 unspecified atom stereocenters. The molecular weight excluding hydrogens is 350 g/mol. The first kappa shape index (κ1) is 19.8. The van der Waals surface area contributed by atoms with Gasteiger partial charge in [0.05, 0.1) is 6.54 Å². The molecule has 0 saturated carbocycles. The fraction of sp³-hybridized carbons (Fsp3) is 0.304. The minimum atomic E-state index is 0.0408. The molecule has 1 amide bonds. The van der Waals surface area contributed by atoms with Crippen molar-refractivity contribution in [3.05, 3.63) is 71.8 Å². The molecule has 0 radical (unpaired) electrons. The predicted octanol–water partition coefficient (Wildman–Crippen LogP) is 3.16. The van der Waals surface area contributed by atoms with E-state index in [1.807, 2.05) is 35.2 Å². The van der Waals surface area contributed by atoms with Gasteiger partial charge in [0.2, 0.25) is 5.91 Å². The summed E-state index contributed by atoms with van der Waals surface area (Å²) in [4.78, 5) is 28.0. The van der Waals surface area contributed by atoms with E-state index in [1.54, 1.807) is 19.1 Å². The van der Waals surface area contributed by atoms with Crippen LogP contribution in [0.15, 0.2) is 60.7 Å². The molecule has 0 aliphatic carbocycles. The van der Waals surface area contributed by atoms with Crippen molar-refractivity contribution in [1.82, 2.24) is 9.80 Å². The van der Waals surface area contributed by atoms with Crippen LogP contribution in [-0.4, -0.2) is 60.8 Å². The van der Waals surface area contributed by atoms with Crippen LogP contribution >= 0.6 is 0 Å². The zero-order chi connectivity index (χ0) is 19.8. The van der Waals surface area contributed by atoms with Crippen LogP contribution in [0.2, 0.25) is 0 Å². The maximum absolute atomic E-state index is 12.4. The first-order valence-electron chi connectivity index (χ1n) is 9.68. The summed E-state index contributed by atoms with van der Waals surface area (Å²) >= 11 is 0. The highest BCUT2D eigenvalue weighted by Gasteiger charge is 2.20. The molecule has 0 aromatic heterocycles. The molecule has 1 aliphatic heterocycles. The summed E-state index contributed by atoms with van der Waals surface area (Å²) in [6.07, 6.45) is 4.32. The summed E-state index contributed by atoms with van der Waals surface area (Å²) in [6.45, 7) is 6.00. The monoisotopic (exact) mass is 377 g/mol. The Morgan fingerprint density at radius 1 is 0.964 bits per heavy atom. The Morgan fingerprint density at radius 2 is 1.64 bits per heavy atom. The molecule has 1 aliphatic rings. The second kappa shape index (κ2) is 9.85. The molecule has 1 N–H and O–H groups in total. The zero-order valence-electron chi connectivity index (χ0n) is 16.3. The Morgan fingerprint density at radius 3 is 2.29 bits per heavy atom. The lowest BCUT2D eigenvalue weighted by Gasteiger charge is -2.34. The summed E-state index contributed by atoms with van der Waals surface area (Å²) in [7, 11) is 0. The third-order valence-corrected chi connectivity index (χ3v) is 4.93. The first-order valence-corrected chi connectivity index (χ1v) is 9.68. The van der Waals surface area contributed by atoms with Crippen molar-refractivity contribution in [1.29, 1.82) is 0 Å². The van der Waals surface area contributed by atoms with Crippen LogP contribution in [0.5, 0.6) is 0 Å². The first-order chi connectivity index (χ1) is 13.6. The minimum absolute atomic E-state index is 0.0408. The largest absolute Gasteiger partial charge is 0.376 e. The van der Waals surface area contributed by atoms with Gasteiger partial charge in [-0.2, -0.15) is 0 Å².